The van der Waals surface area contributed by atoms with Crippen LogP contribution in [-0.4, -0.2) is 74.5 Å². The molecule has 0 radical (unpaired) electrons. The van der Waals surface area contributed by atoms with Gasteiger partial charge in [-0.05, 0) is 39.5 Å². The summed E-state index contributed by atoms with van der Waals surface area (Å²) in [6, 6.07) is -2.56. The molecule has 1 amide bonds. The molecule has 1 saturated carbocycles. The lowest BCUT2D eigenvalue weighted by Crippen LogP contribution is -2.43. The van der Waals surface area contributed by atoms with E-state index in [4.69, 9.17) is 19.7 Å². The second kappa shape index (κ2) is 23.5. The predicted molar refractivity (Wildman–Crippen MR) is 213 cm³/mol. The van der Waals surface area contributed by atoms with Gasteiger partial charge in [0.15, 0.2) is 6.04 Å². The van der Waals surface area contributed by atoms with Crippen molar-refractivity contribution in [1.29, 1.82) is 5.53 Å². The molecule has 59 heavy (non-hydrogen) atoms. The van der Waals surface area contributed by atoms with Crippen LogP contribution in [0.1, 0.15) is 139 Å². The highest BCUT2D eigenvalue weighted by Gasteiger charge is 2.41. The van der Waals surface area contributed by atoms with Gasteiger partial charge in [-0.15, -0.1) is 0 Å². The molecule has 0 bridgehead atoms. The second-order valence-electron chi connectivity index (χ2n) is 15.8. The summed E-state index contributed by atoms with van der Waals surface area (Å²) < 4.78 is 34.4. The van der Waals surface area contributed by atoms with Crippen LogP contribution < -0.4 is 32.7 Å². The predicted octanol–water partition coefficient (Wildman–Crippen LogP) is 4.25. The number of hydrogen-bond donors (Lipinski definition) is 4. The molecule has 18 nitrogen and oxygen atoms in total. The van der Waals surface area contributed by atoms with Gasteiger partial charge in [-0.3, -0.25) is 38.3 Å². The number of nitrogens with zero attached hydrogens (tertiary/aromatic N) is 4. The quantitative estimate of drug-likeness (QED) is 0.0507. The Morgan fingerprint density at radius 1 is 0.864 bits per heavy atom. The van der Waals surface area contributed by atoms with Crippen molar-refractivity contribution in [3.05, 3.63) is 65.2 Å². The highest BCUT2D eigenvalue weighted by atomic mass is 19.1. The van der Waals surface area contributed by atoms with Gasteiger partial charge in [-0.1, -0.05) is 71.1 Å². The first-order chi connectivity index (χ1) is 28.3. The number of ether oxygens (including phenoxy) is 3. The maximum Gasteiger partial charge on any atom is 0.330 e. The van der Waals surface area contributed by atoms with Gasteiger partial charge in [0.1, 0.15) is 41.8 Å². The molecule has 4 rings (SSSR count). The summed E-state index contributed by atoms with van der Waals surface area (Å²) >= 11 is 0. The van der Waals surface area contributed by atoms with E-state index < -0.39 is 82.9 Å². The van der Waals surface area contributed by atoms with Crippen molar-refractivity contribution in [2.24, 2.45) is 11.0 Å². The van der Waals surface area contributed by atoms with E-state index in [2.05, 4.69) is 32.2 Å². The summed E-state index contributed by atoms with van der Waals surface area (Å²) in [4.78, 5) is 95.5. The topological polar surface area (TPSA) is 251 Å². The van der Waals surface area contributed by atoms with Crippen LogP contribution >= 0.6 is 0 Å². The smallest absolute Gasteiger partial charge is 0.330 e. The monoisotopic (exact) mass is 831 g/mol. The summed E-state index contributed by atoms with van der Waals surface area (Å²) in [5.41, 5.74) is 5.39. The Kier molecular flexibility index (Phi) is 18.6. The first kappa shape index (κ1) is 46.7. The van der Waals surface area contributed by atoms with E-state index in [1.807, 2.05) is 0 Å². The number of H-pyrrole nitrogens is 2. The Hall–Kier alpha value is -5.03. The van der Waals surface area contributed by atoms with Crippen LogP contribution in [0.2, 0.25) is 0 Å². The van der Waals surface area contributed by atoms with Crippen LogP contribution in [0.25, 0.3) is 0 Å². The van der Waals surface area contributed by atoms with Crippen LogP contribution in [0.5, 0.6) is 0 Å². The van der Waals surface area contributed by atoms with Crippen molar-refractivity contribution in [2.75, 3.05) is 13.2 Å². The summed E-state index contributed by atoms with van der Waals surface area (Å²) in [6.45, 7) is 4.61. The maximum absolute atomic E-state index is 15.0. The Morgan fingerprint density at radius 3 is 2.08 bits per heavy atom. The van der Waals surface area contributed by atoms with Crippen LogP contribution in [0.15, 0.2) is 36.7 Å². The average Bonchev–Trinajstić information content (AvgIpc) is 3.78. The number of alkyl halides is 1. The van der Waals surface area contributed by atoms with Gasteiger partial charge >= 0.3 is 23.3 Å². The molecule has 2 aliphatic rings. The fourth-order valence-corrected chi connectivity index (χ4v) is 7.60. The van der Waals surface area contributed by atoms with Crippen molar-refractivity contribution in [3.63, 3.8) is 0 Å². The minimum atomic E-state index is -1.37. The van der Waals surface area contributed by atoms with Gasteiger partial charge in [-0.25, -0.2) is 18.8 Å². The SMILES string of the molecule is CCCCCCCCCCCCCC(=O)N[C@@H](CCC(=O)OC[C@H]1C[C@@H](n2cc(C)c(=O)[nH]c2=O)C[C@@H]1F)C(=O)OC[C@H]1O[C@@H](n2cc(C)c(=O)[nH]c2=O)CC1N=[N+]=N. The van der Waals surface area contributed by atoms with Gasteiger partial charge < -0.3 is 19.5 Å². The van der Waals surface area contributed by atoms with Crippen LogP contribution in [0, 0.1) is 25.3 Å². The lowest BCUT2D eigenvalue weighted by atomic mass is 10.0. The number of amides is 1. The number of aromatic amines is 2. The largest absolute Gasteiger partial charge is 0.465 e. The van der Waals surface area contributed by atoms with E-state index in [9.17, 15) is 33.6 Å². The van der Waals surface area contributed by atoms with E-state index in [1.54, 1.807) is 6.92 Å². The highest BCUT2D eigenvalue weighted by molar-refractivity contribution is 5.85. The number of nitrogens with one attached hydrogen (secondary N) is 4. The van der Waals surface area contributed by atoms with Gasteiger partial charge in [0.05, 0.1) is 6.61 Å². The maximum atomic E-state index is 15.0. The van der Waals surface area contributed by atoms with Crippen LogP contribution in [0.4, 0.5) is 4.39 Å². The lowest BCUT2D eigenvalue weighted by Gasteiger charge is -2.20. The number of carbonyl (C=O) groups excluding carboxylic acids is 3. The molecule has 2 fully saturated rings. The summed E-state index contributed by atoms with van der Waals surface area (Å²) in [6.07, 6.45) is 11.7. The normalized spacial score (nSPS) is 21.8. The Bertz CT molecular complexity index is 2010. The molecule has 3 heterocycles. The molecule has 2 aromatic heterocycles. The zero-order valence-corrected chi connectivity index (χ0v) is 34.4. The third kappa shape index (κ3) is 14.3. The molecule has 0 aromatic carbocycles. The standard InChI is InChI=1S/C40H59FN8O10/c1-4-5-6-7-8-9-10-11-12-13-14-15-33(50)43-30(16-17-35(51)57-23-27-18-28(19-29(27)41)48-21-25(2)36(52)44-39(48)55)38(54)58-24-32-31(46-47-42)20-34(59-32)49-22-26(3)37(53)45-40(49)56/h21-22,27-32,34,42H,4-20,23-24H2,1-3H3,(H2-,43,44,45,50,52,53,55,56)/p+1/t27-,28-,29+,30+,31?,32-,34-/m1/s1. The number of carbonyl (C=O) groups is 3. The molecule has 1 unspecified atom stereocenters. The Labute approximate surface area is 341 Å². The number of unbranched alkanes of at least 4 members (excludes halogenated alkanes) is 10. The first-order valence-electron chi connectivity index (χ1n) is 20.9. The van der Waals surface area contributed by atoms with E-state index in [0.717, 1.165) is 25.7 Å². The van der Waals surface area contributed by atoms with Crippen LogP contribution in [0.3, 0.4) is 0 Å². The van der Waals surface area contributed by atoms with E-state index in [1.165, 1.54) is 67.0 Å². The number of aryl methyl sites for hydroxylation is 2. The minimum Gasteiger partial charge on any atom is -0.465 e. The molecule has 4 N–H and O–H groups in total. The molecule has 1 aliphatic carbocycles. The zero-order chi connectivity index (χ0) is 42.9. The van der Waals surface area contributed by atoms with Crippen molar-refractivity contribution in [3.8, 4) is 0 Å². The molecule has 1 aliphatic heterocycles. The van der Waals surface area contributed by atoms with Gasteiger partial charge in [0, 0.05) is 54.7 Å². The fourth-order valence-electron chi connectivity index (χ4n) is 7.60. The van der Waals surface area contributed by atoms with Crippen molar-refractivity contribution in [2.45, 2.75) is 167 Å². The summed E-state index contributed by atoms with van der Waals surface area (Å²) in [5, 5.41) is 6.54. The molecule has 19 heteroatoms. The van der Waals surface area contributed by atoms with Crippen molar-refractivity contribution < 1.29 is 33.0 Å². The van der Waals surface area contributed by atoms with E-state index >= 15 is 4.39 Å². The third-order valence-corrected chi connectivity index (χ3v) is 11.1. The molecule has 0 spiro atoms. The Morgan fingerprint density at radius 2 is 1.46 bits per heavy atom. The number of aromatic nitrogens is 4. The summed E-state index contributed by atoms with van der Waals surface area (Å²) in [5.74, 6) is -2.68. The van der Waals surface area contributed by atoms with Gasteiger partial charge in [0.25, 0.3) is 11.1 Å². The molecule has 2 aromatic rings. The molecule has 326 valence electrons. The molecular weight excluding hydrogens is 771 g/mol. The molecular formula is C40H60FN8O10+. The summed E-state index contributed by atoms with van der Waals surface area (Å²) in [7, 11) is 0. The number of esters is 2. The third-order valence-electron chi connectivity index (χ3n) is 11.1. The lowest BCUT2D eigenvalue weighted by molar-refractivity contribution is -0.153. The zero-order valence-electron chi connectivity index (χ0n) is 34.4. The van der Waals surface area contributed by atoms with Gasteiger partial charge in [-0.2, -0.15) is 0 Å². The van der Waals surface area contributed by atoms with Crippen molar-refractivity contribution in [1.82, 2.24) is 29.3 Å². The van der Waals surface area contributed by atoms with E-state index in [-0.39, 0.29) is 57.3 Å². The Balaban J connectivity index is 1.31. The number of rotatable bonds is 24. The van der Waals surface area contributed by atoms with E-state index in [0.29, 0.717) is 12.0 Å². The average molecular weight is 832 g/mol. The van der Waals surface area contributed by atoms with Crippen molar-refractivity contribution >= 4 is 17.8 Å². The van der Waals surface area contributed by atoms with Crippen LogP contribution in [-0.2, 0) is 28.6 Å². The highest BCUT2D eigenvalue weighted by Crippen LogP contribution is 2.36. The molecule has 1 saturated heterocycles. The minimum absolute atomic E-state index is 0.00337. The second-order valence-corrected chi connectivity index (χ2v) is 15.8. The first-order valence-corrected chi connectivity index (χ1v) is 20.9. The van der Waals surface area contributed by atoms with Gasteiger partial charge in [0.2, 0.25) is 10.8 Å². The number of halogens is 1. The number of hydrogen-bond acceptors (Lipinski definition) is 12. The fraction of sp³-hybridized carbons (Fsp3) is 0.725. The molecule has 7 atom stereocenters.